The van der Waals surface area contributed by atoms with Crippen molar-refractivity contribution in [2.24, 2.45) is 23.2 Å². The molecule has 4 saturated carbocycles. The van der Waals surface area contributed by atoms with Crippen LogP contribution >= 0.6 is 0 Å². The third kappa shape index (κ3) is 3.42. The van der Waals surface area contributed by atoms with Crippen LogP contribution in [0, 0.1) is 23.2 Å². The lowest BCUT2D eigenvalue weighted by atomic mass is 9.49. The van der Waals surface area contributed by atoms with Crippen LogP contribution in [0.2, 0.25) is 0 Å². The van der Waals surface area contributed by atoms with E-state index in [4.69, 9.17) is 9.47 Å². The molecule has 0 spiro atoms. The van der Waals surface area contributed by atoms with Gasteiger partial charge in [0.2, 0.25) is 5.91 Å². The Morgan fingerprint density at radius 2 is 1.67 bits per heavy atom. The predicted octanol–water partition coefficient (Wildman–Crippen LogP) is 2.37. The van der Waals surface area contributed by atoms with Crippen LogP contribution in [-0.4, -0.2) is 39.4 Å². The van der Waals surface area contributed by atoms with Crippen molar-refractivity contribution in [3.8, 4) is 0 Å². The number of carbonyl (C=O) groups is 1. The first-order valence-corrected chi connectivity index (χ1v) is 8.57. The largest absolute Gasteiger partial charge is 0.382 e. The van der Waals surface area contributed by atoms with Gasteiger partial charge in [-0.2, -0.15) is 0 Å². The van der Waals surface area contributed by atoms with Crippen molar-refractivity contribution in [2.75, 3.05) is 33.5 Å². The monoisotopic (exact) mass is 295 g/mol. The van der Waals surface area contributed by atoms with Gasteiger partial charge in [0.05, 0.1) is 13.2 Å². The van der Waals surface area contributed by atoms with Crippen molar-refractivity contribution in [1.29, 1.82) is 0 Å². The summed E-state index contributed by atoms with van der Waals surface area (Å²) in [5, 5.41) is 3.18. The first kappa shape index (κ1) is 15.3. The lowest BCUT2D eigenvalue weighted by Gasteiger charge is -2.55. The molecule has 0 aliphatic heterocycles. The Balaban J connectivity index is 1.39. The zero-order valence-electron chi connectivity index (χ0n) is 13.2. The van der Waals surface area contributed by atoms with Crippen molar-refractivity contribution in [2.45, 2.75) is 44.9 Å². The Bertz CT molecular complexity index is 334. The highest BCUT2D eigenvalue weighted by molar-refractivity contribution is 5.83. The molecule has 4 bridgehead atoms. The third-order valence-corrected chi connectivity index (χ3v) is 5.70. The molecule has 4 nitrogen and oxygen atoms in total. The molecule has 4 aliphatic carbocycles. The molecule has 0 saturated heterocycles. The molecule has 21 heavy (non-hydrogen) atoms. The summed E-state index contributed by atoms with van der Waals surface area (Å²) in [5.41, 5.74) is -0.00828. The summed E-state index contributed by atoms with van der Waals surface area (Å²) in [6.07, 6.45) is 8.50. The molecule has 0 atom stereocenters. The molecule has 1 N–H and O–H groups in total. The Kier molecular flexibility index (Phi) is 4.85. The Morgan fingerprint density at radius 1 is 1.05 bits per heavy atom. The van der Waals surface area contributed by atoms with Gasteiger partial charge in [-0.1, -0.05) is 0 Å². The Labute approximate surface area is 127 Å². The quantitative estimate of drug-likeness (QED) is 0.699. The number of nitrogens with one attached hydrogen (secondary N) is 1. The highest BCUT2D eigenvalue weighted by atomic mass is 16.5. The highest BCUT2D eigenvalue weighted by Gasteiger charge is 2.54. The zero-order valence-corrected chi connectivity index (χ0v) is 13.2. The second kappa shape index (κ2) is 6.66. The fourth-order valence-corrected chi connectivity index (χ4v) is 5.20. The molecular weight excluding hydrogens is 266 g/mol. The third-order valence-electron chi connectivity index (χ3n) is 5.70. The average Bonchev–Trinajstić information content (AvgIpc) is 2.44. The lowest BCUT2D eigenvalue weighted by molar-refractivity contribution is -0.146. The molecule has 120 valence electrons. The molecule has 0 heterocycles. The van der Waals surface area contributed by atoms with Gasteiger partial charge in [0, 0.05) is 25.7 Å². The van der Waals surface area contributed by atoms with Crippen LogP contribution in [0.5, 0.6) is 0 Å². The summed E-state index contributed by atoms with van der Waals surface area (Å²) in [5.74, 6) is 2.83. The molecular formula is C17H29NO3. The van der Waals surface area contributed by atoms with Gasteiger partial charge in [-0.05, 0) is 62.7 Å². The van der Waals surface area contributed by atoms with Gasteiger partial charge in [-0.25, -0.2) is 0 Å². The van der Waals surface area contributed by atoms with Crippen LogP contribution < -0.4 is 5.32 Å². The SMILES string of the molecule is COCCOCCCNC(=O)C12CC3CC(CC(C3)C1)C2. The zero-order chi connectivity index (χ0) is 14.7. The van der Waals surface area contributed by atoms with Crippen LogP contribution in [0.3, 0.4) is 0 Å². The smallest absolute Gasteiger partial charge is 0.226 e. The number of hydrogen-bond donors (Lipinski definition) is 1. The molecule has 0 unspecified atom stereocenters. The lowest BCUT2D eigenvalue weighted by Crippen LogP contribution is -2.53. The summed E-state index contributed by atoms with van der Waals surface area (Å²) >= 11 is 0. The van der Waals surface area contributed by atoms with E-state index in [9.17, 15) is 4.79 Å². The van der Waals surface area contributed by atoms with E-state index < -0.39 is 0 Å². The van der Waals surface area contributed by atoms with Gasteiger partial charge in [-0.3, -0.25) is 4.79 Å². The minimum atomic E-state index is -0.00828. The summed E-state index contributed by atoms with van der Waals surface area (Å²) in [6.45, 7) is 2.72. The van der Waals surface area contributed by atoms with E-state index in [0.717, 1.165) is 50.0 Å². The van der Waals surface area contributed by atoms with Crippen molar-refractivity contribution >= 4 is 5.91 Å². The standard InChI is InChI=1S/C17H29NO3/c1-20-5-6-21-4-2-3-18-16(19)17-10-13-7-14(11-17)9-15(8-13)12-17/h13-15H,2-12H2,1H3,(H,18,19). The summed E-state index contributed by atoms with van der Waals surface area (Å²) in [6, 6.07) is 0. The minimum Gasteiger partial charge on any atom is -0.382 e. The van der Waals surface area contributed by atoms with E-state index >= 15 is 0 Å². The molecule has 0 aromatic carbocycles. The van der Waals surface area contributed by atoms with E-state index in [-0.39, 0.29) is 5.41 Å². The molecule has 0 aromatic heterocycles. The van der Waals surface area contributed by atoms with E-state index in [1.807, 2.05) is 0 Å². The predicted molar refractivity (Wildman–Crippen MR) is 80.9 cm³/mol. The van der Waals surface area contributed by atoms with Gasteiger partial charge in [0.1, 0.15) is 0 Å². The number of amides is 1. The van der Waals surface area contributed by atoms with Gasteiger partial charge in [0.25, 0.3) is 0 Å². The van der Waals surface area contributed by atoms with Crippen LogP contribution in [-0.2, 0) is 14.3 Å². The Hall–Kier alpha value is -0.610. The maximum Gasteiger partial charge on any atom is 0.226 e. The molecule has 0 aromatic rings. The van der Waals surface area contributed by atoms with Crippen molar-refractivity contribution in [3.63, 3.8) is 0 Å². The van der Waals surface area contributed by atoms with E-state index in [0.29, 0.717) is 25.7 Å². The second-order valence-electron chi connectivity index (χ2n) is 7.41. The summed E-state index contributed by atoms with van der Waals surface area (Å²) < 4.78 is 10.4. The molecule has 4 fully saturated rings. The first-order valence-electron chi connectivity index (χ1n) is 8.57. The fourth-order valence-electron chi connectivity index (χ4n) is 5.20. The maximum absolute atomic E-state index is 12.7. The molecule has 0 radical (unpaired) electrons. The van der Waals surface area contributed by atoms with Crippen molar-refractivity contribution in [3.05, 3.63) is 0 Å². The van der Waals surface area contributed by atoms with E-state index in [2.05, 4.69) is 5.32 Å². The molecule has 4 heteroatoms. The van der Waals surface area contributed by atoms with Crippen LogP contribution in [0.1, 0.15) is 44.9 Å². The van der Waals surface area contributed by atoms with Crippen LogP contribution in [0.25, 0.3) is 0 Å². The average molecular weight is 295 g/mol. The normalized spacial score (nSPS) is 36.9. The summed E-state index contributed by atoms with van der Waals surface area (Å²) in [4.78, 5) is 12.7. The van der Waals surface area contributed by atoms with Crippen molar-refractivity contribution in [1.82, 2.24) is 5.32 Å². The van der Waals surface area contributed by atoms with E-state index in [1.165, 1.54) is 19.3 Å². The Morgan fingerprint density at radius 3 is 2.24 bits per heavy atom. The number of hydrogen-bond acceptors (Lipinski definition) is 3. The van der Waals surface area contributed by atoms with Gasteiger partial charge < -0.3 is 14.8 Å². The van der Waals surface area contributed by atoms with Crippen LogP contribution in [0.15, 0.2) is 0 Å². The number of ether oxygens (including phenoxy) is 2. The minimum absolute atomic E-state index is 0.00828. The fraction of sp³-hybridized carbons (Fsp3) is 0.941. The summed E-state index contributed by atoms with van der Waals surface area (Å²) in [7, 11) is 1.68. The van der Waals surface area contributed by atoms with Gasteiger partial charge in [0.15, 0.2) is 0 Å². The second-order valence-corrected chi connectivity index (χ2v) is 7.41. The molecule has 4 aliphatic rings. The molecule has 1 amide bonds. The van der Waals surface area contributed by atoms with E-state index in [1.54, 1.807) is 7.11 Å². The number of rotatable bonds is 8. The maximum atomic E-state index is 12.7. The van der Waals surface area contributed by atoms with Gasteiger partial charge in [-0.15, -0.1) is 0 Å². The first-order chi connectivity index (χ1) is 10.2. The topological polar surface area (TPSA) is 47.6 Å². The highest BCUT2D eigenvalue weighted by Crippen LogP contribution is 2.60. The number of methoxy groups -OCH3 is 1. The van der Waals surface area contributed by atoms with Gasteiger partial charge >= 0.3 is 0 Å². The van der Waals surface area contributed by atoms with Crippen LogP contribution in [0.4, 0.5) is 0 Å². The molecule has 4 rings (SSSR count). The van der Waals surface area contributed by atoms with Crippen molar-refractivity contribution < 1.29 is 14.3 Å². The number of carbonyl (C=O) groups excluding carboxylic acids is 1.